The fourth-order valence-electron chi connectivity index (χ4n) is 2.20. The molecule has 116 valence electrons. The van der Waals surface area contributed by atoms with Gasteiger partial charge in [0.1, 0.15) is 5.56 Å². The SMILES string of the molecule is O=C(O)c1cnc2ccc(Cl)cc2c1Nc1cc(Cl)ccc1[O-]. The van der Waals surface area contributed by atoms with E-state index in [2.05, 4.69) is 10.3 Å². The quantitative estimate of drug-likeness (QED) is 0.746. The highest BCUT2D eigenvalue weighted by Gasteiger charge is 2.15. The number of aromatic nitrogens is 1. The smallest absolute Gasteiger partial charge is 0.339 e. The Morgan fingerprint density at radius 2 is 1.83 bits per heavy atom. The number of halogens is 2. The first kappa shape index (κ1) is 15.4. The summed E-state index contributed by atoms with van der Waals surface area (Å²) in [4.78, 5) is 15.6. The predicted molar refractivity (Wildman–Crippen MR) is 87.9 cm³/mol. The minimum atomic E-state index is -1.17. The maximum absolute atomic E-state index is 11.9. The van der Waals surface area contributed by atoms with E-state index in [1.165, 1.54) is 24.4 Å². The summed E-state index contributed by atoms with van der Waals surface area (Å²) in [6.07, 6.45) is 1.23. The number of nitrogens with zero attached hydrogens (tertiary/aromatic N) is 1. The van der Waals surface area contributed by atoms with Crippen LogP contribution in [0, 0.1) is 0 Å². The molecular weight excluding hydrogens is 339 g/mol. The fourth-order valence-corrected chi connectivity index (χ4v) is 2.54. The molecule has 0 saturated carbocycles. The maximum Gasteiger partial charge on any atom is 0.339 e. The maximum atomic E-state index is 11.9. The average Bonchev–Trinajstić information content (AvgIpc) is 2.51. The normalized spacial score (nSPS) is 10.7. The number of anilines is 2. The molecule has 1 aromatic heterocycles. The van der Waals surface area contributed by atoms with E-state index in [0.29, 0.717) is 20.9 Å². The topological polar surface area (TPSA) is 85.3 Å². The van der Waals surface area contributed by atoms with Crippen LogP contribution in [0.3, 0.4) is 0 Å². The second-order valence-corrected chi connectivity index (χ2v) is 5.65. The van der Waals surface area contributed by atoms with Crippen LogP contribution in [0.5, 0.6) is 5.75 Å². The van der Waals surface area contributed by atoms with Gasteiger partial charge in [0, 0.05) is 27.3 Å². The molecule has 0 fully saturated rings. The van der Waals surface area contributed by atoms with Crippen molar-refractivity contribution in [3.8, 4) is 5.75 Å². The third-order valence-corrected chi connectivity index (χ3v) is 3.73. The Morgan fingerprint density at radius 1 is 1.13 bits per heavy atom. The molecule has 0 bridgehead atoms. The Balaban J connectivity index is 2.25. The fraction of sp³-hybridized carbons (Fsp3) is 0. The number of pyridine rings is 1. The molecule has 2 N–H and O–H groups in total. The van der Waals surface area contributed by atoms with Gasteiger partial charge < -0.3 is 15.5 Å². The zero-order chi connectivity index (χ0) is 16.6. The Hall–Kier alpha value is -2.50. The van der Waals surface area contributed by atoms with Crippen molar-refractivity contribution >= 4 is 51.4 Å². The molecule has 23 heavy (non-hydrogen) atoms. The Labute approximate surface area is 141 Å². The zero-order valence-electron chi connectivity index (χ0n) is 11.5. The molecule has 0 radical (unpaired) electrons. The van der Waals surface area contributed by atoms with Crippen molar-refractivity contribution in [3.63, 3.8) is 0 Å². The molecule has 0 saturated heterocycles. The van der Waals surface area contributed by atoms with E-state index < -0.39 is 5.97 Å². The van der Waals surface area contributed by atoms with Crippen LogP contribution >= 0.6 is 23.2 Å². The van der Waals surface area contributed by atoms with Crippen LogP contribution in [0.2, 0.25) is 10.0 Å². The molecule has 1 heterocycles. The van der Waals surface area contributed by atoms with E-state index in [4.69, 9.17) is 23.2 Å². The van der Waals surface area contributed by atoms with Crippen molar-refractivity contribution in [2.45, 2.75) is 0 Å². The molecule has 3 aromatic rings. The average molecular weight is 348 g/mol. The third-order valence-electron chi connectivity index (χ3n) is 3.26. The van der Waals surface area contributed by atoms with E-state index in [1.54, 1.807) is 18.2 Å². The number of carboxylic acid groups (broad SMARTS) is 1. The van der Waals surface area contributed by atoms with Crippen LogP contribution in [0.4, 0.5) is 11.4 Å². The first-order valence-corrected chi connectivity index (χ1v) is 7.26. The molecule has 0 spiro atoms. The van der Waals surface area contributed by atoms with Gasteiger partial charge in [-0.05, 0) is 30.3 Å². The number of nitrogens with one attached hydrogen (secondary N) is 1. The summed E-state index contributed by atoms with van der Waals surface area (Å²) in [7, 11) is 0. The summed E-state index contributed by atoms with van der Waals surface area (Å²) >= 11 is 11.9. The molecule has 2 aromatic carbocycles. The number of benzene rings is 2. The Kier molecular flexibility index (Phi) is 3.98. The lowest BCUT2D eigenvalue weighted by molar-refractivity contribution is -0.267. The number of aromatic carboxylic acids is 1. The van der Waals surface area contributed by atoms with E-state index in [0.717, 1.165) is 0 Å². The lowest BCUT2D eigenvalue weighted by Crippen LogP contribution is -2.06. The van der Waals surface area contributed by atoms with Crippen molar-refractivity contribution in [1.29, 1.82) is 0 Å². The lowest BCUT2D eigenvalue weighted by atomic mass is 10.1. The number of hydrogen-bond acceptors (Lipinski definition) is 4. The van der Waals surface area contributed by atoms with Gasteiger partial charge in [-0.25, -0.2) is 4.79 Å². The molecule has 3 rings (SSSR count). The van der Waals surface area contributed by atoms with Gasteiger partial charge in [0.2, 0.25) is 0 Å². The van der Waals surface area contributed by atoms with Gasteiger partial charge in [0.25, 0.3) is 0 Å². The minimum absolute atomic E-state index is 0.0702. The standard InChI is InChI=1S/C16H10Cl2N2O3/c17-8-1-3-12-10(5-8)15(11(7-19-12)16(22)23)20-13-6-9(18)2-4-14(13)21/h1-7,21H,(H,19,20)(H,22,23)/p-1. The Morgan fingerprint density at radius 3 is 2.57 bits per heavy atom. The Bertz CT molecular complexity index is 929. The van der Waals surface area contributed by atoms with Crippen LogP contribution in [0.25, 0.3) is 10.9 Å². The van der Waals surface area contributed by atoms with Crippen LogP contribution < -0.4 is 10.4 Å². The van der Waals surface area contributed by atoms with E-state index >= 15 is 0 Å². The number of rotatable bonds is 3. The van der Waals surface area contributed by atoms with Gasteiger partial charge >= 0.3 is 5.97 Å². The number of carboxylic acids is 1. The summed E-state index contributed by atoms with van der Waals surface area (Å²) in [5.74, 6) is -1.48. The van der Waals surface area contributed by atoms with Crippen LogP contribution in [0.15, 0.2) is 42.6 Å². The van der Waals surface area contributed by atoms with Gasteiger partial charge in [0.15, 0.2) is 0 Å². The number of hydrogen-bond donors (Lipinski definition) is 2. The second-order valence-electron chi connectivity index (χ2n) is 4.78. The highest BCUT2D eigenvalue weighted by Crippen LogP contribution is 2.34. The minimum Gasteiger partial charge on any atom is -0.871 e. The van der Waals surface area contributed by atoms with E-state index in [1.807, 2.05) is 0 Å². The molecule has 0 amide bonds. The van der Waals surface area contributed by atoms with E-state index in [-0.39, 0.29) is 22.7 Å². The first-order chi connectivity index (χ1) is 11.0. The molecule has 0 atom stereocenters. The zero-order valence-corrected chi connectivity index (χ0v) is 13.0. The highest BCUT2D eigenvalue weighted by atomic mass is 35.5. The van der Waals surface area contributed by atoms with Crippen LogP contribution in [-0.4, -0.2) is 16.1 Å². The van der Waals surface area contributed by atoms with Crippen LogP contribution in [-0.2, 0) is 0 Å². The molecule has 0 aliphatic rings. The van der Waals surface area contributed by atoms with Gasteiger partial charge in [-0.2, -0.15) is 0 Å². The van der Waals surface area contributed by atoms with Crippen LogP contribution in [0.1, 0.15) is 10.4 Å². The van der Waals surface area contributed by atoms with Gasteiger partial charge in [-0.15, -0.1) is 0 Å². The van der Waals surface area contributed by atoms with Crippen molar-refractivity contribution in [3.05, 3.63) is 58.2 Å². The first-order valence-electron chi connectivity index (χ1n) is 6.51. The predicted octanol–water partition coefficient (Wildman–Crippen LogP) is 4.06. The van der Waals surface area contributed by atoms with Crippen molar-refractivity contribution in [2.75, 3.05) is 5.32 Å². The van der Waals surface area contributed by atoms with Crippen molar-refractivity contribution in [2.24, 2.45) is 0 Å². The summed E-state index contributed by atoms with van der Waals surface area (Å²) in [6.45, 7) is 0. The van der Waals surface area contributed by atoms with E-state index in [9.17, 15) is 15.0 Å². The molecule has 0 aliphatic carbocycles. The third kappa shape index (κ3) is 3.02. The number of carbonyl (C=O) groups is 1. The highest BCUT2D eigenvalue weighted by molar-refractivity contribution is 6.31. The summed E-state index contributed by atoms with van der Waals surface area (Å²) in [5.41, 5.74) is 0.896. The van der Waals surface area contributed by atoms with Crippen molar-refractivity contribution in [1.82, 2.24) is 4.98 Å². The molecular formula is C16H9Cl2N2O3-. The largest absolute Gasteiger partial charge is 0.871 e. The number of fused-ring (bicyclic) bond motifs is 1. The summed E-state index contributed by atoms with van der Waals surface area (Å²) in [5, 5.41) is 25.5. The van der Waals surface area contributed by atoms with Gasteiger partial charge in [-0.3, -0.25) is 4.98 Å². The summed E-state index contributed by atoms with van der Waals surface area (Å²) in [6, 6.07) is 9.13. The lowest BCUT2D eigenvalue weighted by Gasteiger charge is -2.18. The second kappa shape index (κ2) is 5.95. The van der Waals surface area contributed by atoms with Gasteiger partial charge in [0.05, 0.1) is 11.2 Å². The molecule has 7 heteroatoms. The summed E-state index contributed by atoms with van der Waals surface area (Å²) < 4.78 is 0. The monoisotopic (exact) mass is 347 g/mol. The molecule has 0 aliphatic heterocycles. The molecule has 0 unspecified atom stereocenters. The van der Waals surface area contributed by atoms with Gasteiger partial charge in [-0.1, -0.05) is 35.0 Å². The molecule has 5 nitrogen and oxygen atoms in total. The van der Waals surface area contributed by atoms with Crippen molar-refractivity contribution < 1.29 is 15.0 Å².